The van der Waals surface area contributed by atoms with Crippen LogP contribution in [-0.4, -0.2) is 35.6 Å². The molecule has 0 spiro atoms. The number of oxazole rings is 1. The van der Waals surface area contributed by atoms with E-state index in [4.69, 9.17) is 9.15 Å². The Bertz CT molecular complexity index is 680. The van der Waals surface area contributed by atoms with Gasteiger partial charge in [-0.1, -0.05) is 30.3 Å². The molecule has 1 aromatic heterocycles. The normalized spacial score (nSPS) is 17.0. The number of nitrogens with zero attached hydrogens (tertiary/aromatic N) is 2. The highest BCUT2D eigenvalue weighted by molar-refractivity contribution is 5.74. The van der Waals surface area contributed by atoms with E-state index in [0.717, 1.165) is 31.0 Å². The lowest BCUT2D eigenvalue weighted by Gasteiger charge is -2.17. The number of carbonyl (C=O) groups is 1. The molecule has 1 unspecified atom stereocenters. The van der Waals surface area contributed by atoms with Gasteiger partial charge in [0.15, 0.2) is 0 Å². The molecule has 0 aliphatic carbocycles. The Hall–Kier alpha value is -2.34. The Balaban J connectivity index is 1.37. The highest BCUT2D eigenvalue weighted by Crippen LogP contribution is 2.17. The first-order valence-corrected chi connectivity index (χ1v) is 8.69. The van der Waals surface area contributed by atoms with Crippen molar-refractivity contribution in [3.8, 4) is 0 Å². The molecule has 1 fully saturated rings. The molecule has 1 saturated heterocycles. The molecule has 2 heterocycles. The number of hydrogen-bond donors (Lipinski definition) is 1. The molecule has 0 radical (unpaired) electrons. The number of rotatable bonds is 6. The van der Waals surface area contributed by atoms with Crippen LogP contribution in [0, 0.1) is 19.8 Å². The van der Waals surface area contributed by atoms with Crippen molar-refractivity contribution in [3.63, 3.8) is 0 Å². The number of nitrogens with one attached hydrogen (secondary N) is 1. The summed E-state index contributed by atoms with van der Waals surface area (Å²) in [5.74, 6) is 1.73. The van der Waals surface area contributed by atoms with Gasteiger partial charge < -0.3 is 19.4 Å². The maximum atomic E-state index is 12.3. The first kappa shape index (κ1) is 17.5. The van der Waals surface area contributed by atoms with Crippen LogP contribution in [0.1, 0.15) is 29.3 Å². The minimum Gasteiger partial charge on any atom is -0.444 e. The fourth-order valence-electron chi connectivity index (χ4n) is 2.95. The van der Waals surface area contributed by atoms with Gasteiger partial charge in [0.25, 0.3) is 0 Å². The summed E-state index contributed by atoms with van der Waals surface area (Å²) in [7, 11) is 0. The number of aromatic nitrogens is 1. The zero-order valence-corrected chi connectivity index (χ0v) is 14.8. The third-order valence-corrected chi connectivity index (χ3v) is 4.50. The zero-order valence-electron chi connectivity index (χ0n) is 14.8. The summed E-state index contributed by atoms with van der Waals surface area (Å²) >= 11 is 0. The molecule has 0 bridgehead atoms. The van der Waals surface area contributed by atoms with Crippen molar-refractivity contribution in [2.24, 2.45) is 5.92 Å². The van der Waals surface area contributed by atoms with E-state index >= 15 is 0 Å². The van der Waals surface area contributed by atoms with Crippen LogP contribution in [0.2, 0.25) is 0 Å². The number of amides is 2. The number of benzene rings is 1. The molecule has 1 atom stereocenters. The largest absolute Gasteiger partial charge is 0.444 e. The second-order valence-electron chi connectivity index (χ2n) is 6.51. The summed E-state index contributed by atoms with van der Waals surface area (Å²) in [6.45, 7) is 6.86. The Labute approximate surface area is 148 Å². The average Bonchev–Trinajstić information content (AvgIpc) is 3.21. The minimum absolute atomic E-state index is 0.0703. The lowest BCUT2D eigenvalue weighted by atomic mass is 10.1. The van der Waals surface area contributed by atoms with Crippen molar-refractivity contribution in [2.45, 2.75) is 33.4 Å². The second-order valence-corrected chi connectivity index (χ2v) is 6.51. The van der Waals surface area contributed by atoms with Crippen LogP contribution in [-0.2, 0) is 17.9 Å². The van der Waals surface area contributed by atoms with Gasteiger partial charge in [-0.3, -0.25) is 0 Å². The van der Waals surface area contributed by atoms with Crippen molar-refractivity contribution in [2.75, 3.05) is 19.7 Å². The molecule has 2 amide bonds. The summed E-state index contributed by atoms with van der Waals surface area (Å²) in [6.07, 6.45) is 0.972. The van der Waals surface area contributed by atoms with Crippen molar-refractivity contribution < 1.29 is 13.9 Å². The molecule has 1 aliphatic rings. The summed E-state index contributed by atoms with van der Waals surface area (Å²) in [5, 5.41) is 2.87. The SMILES string of the molecule is Cc1nc(CNC(=O)N2CCC(COCc3ccccc3)C2)oc1C. The Kier molecular flexibility index (Phi) is 5.71. The van der Waals surface area contributed by atoms with Crippen LogP contribution in [0.15, 0.2) is 34.7 Å². The summed E-state index contributed by atoms with van der Waals surface area (Å²) in [5.41, 5.74) is 2.03. The smallest absolute Gasteiger partial charge is 0.317 e. The van der Waals surface area contributed by atoms with Gasteiger partial charge in [-0.25, -0.2) is 9.78 Å². The Morgan fingerprint density at radius 3 is 2.88 bits per heavy atom. The standard InChI is InChI=1S/C19H25N3O3/c1-14-15(2)25-18(21-14)10-20-19(23)22-9-8-17(11-22)13-24-12-16-6-4-3-5-7-16/h3-7,17H,8-13H2,1-2H3,(H,20,23). The van der Waals surface area contributed by atoms with Gasteiger partial charge in [-0.15, -0.1) is 0 Å². The molecule has 6 nitrogen and oxygen atoms in total. The van der Waals surface area contributed by atoms with E-state index in [2.05, 4.69) is 22.4 Å². The predicted octanol–water partition coefficient (Wildman–Crippen LogP) is 3.04. The van der Waals surface area contributed by atoms with Gasteiger partial charge in [0, 0.05) is 19.0 Å². The van der Waals surface area contributed by atoms with Crippen LogP contribution in [0.25, 0.3) is 0 Å². The number of aryl methyl sites for hydroxylation is 2. The fraction of sp³-hybridized carbons (Fsp3) is 0.474. The van der Waals surface area contributed by atoms with Gasteiger partial charge in [0.2, 0.25) is 5.89 Å². The maximum Gasteiger partial charge on any atom is 0.317 e. The molecular formula is C19H25N3O3. The number of carbonyl (C=O) groups excluding carboxylic acids is 1. The first-order valence-electron chi connectivity index (χ1n) is 8.69. The average molecular weight is 343 g/mol. The van der Waals surface area contributed by atoms with E-state index in [1.807, 2.05) is 36.9 Å². The molecule has 3 rings (SSSR count). The highest BCUT2D eigenvalue weighted by Gasteiger charge is 2.26. The molecular weight excluding hydrogens is 318 g/mol. The fourth-order valence-corrected chi connectivity index (χ4v) is 2.95. The molecule has 1 N–H and O–H groups in total. The van der Waals surface area contributed by atoms with Crippen LogP contribution >= 0.6 is 0 Å². The van der Waals surface area contributed by atoms with Crippen LogP contribution in [0.3, 0.4) is 0 Å². The van der Waals surface area contributed by atoms with Gasteiger partial charge >= 0.3 is 6.03 Å². The highest BCUT2D eigenvalue weighted by atomic mass is 16.5. The third-order valence-electron chi connectivity index (χ3n) is 4.50. The van der Waals surface area contributed by atoms with E-state index in [9.17, 15) is 4.79 Å². The van der Waals surface area contributed by atoms with E-state index in [-0.39, 0.29) is 6.03 Å². The van der Waals surface area contributed by atoms with E-state index in [1.54, 1.807) is 0 Å². The summed E-state index contributed by atoms with van der Waals surface area (Å²) in [4.78, 5) is 18.4. The van der Waals surface area contributed by atoms with Crippen molar-refractivity contribution in [3.05, 3.63) is 53.2 Å². The molecule has 6 heteroatoms. The molecule has 0 saturated carbocycles. The molecule has 2 aromatic rings. The Morgan fingerprint density at radius 2 is 2.16 bits per heavy atom. The van der Waals surface area contributed by atoms with Gasteiger partial charge in [0.1, 0.15) is 5.76 Å². The van der Waals surface area contributed by atoms with Crippen molar-refractivity contribution in [1.82, 2.24) is 15.2 Å². The first-order chi connectivity index (χ1) is 12.1. The van der Waals surface area contributed by atoms with Gasteiger partial charge in [-0.2, -0.15) is 0 Å². The quantitative estimate of drug-likeness (QED) is 0.875. The van der Waals surface area contributed by atoms with Gasteiger partial charge in [-0.05, 0) is 25.8 Å². The molecule has 134 valence electrons. The lowest BCUT2D eigenvalue weighted by molar-refractivity contribution is 0.0897. The van der Waals surface area contributed by atoms with Crippen LogP contribution < -0.4 is 5.32 Å². The summed E-state index contributed by atoms with van der Waals surface area (Å²) < 4.78 is 11.3. The second kappa shape index (κ2) is 8.16. The molecule has 25 heavy (non-hydrogen) atoms. The minimum atomic E-state index is -0.0703. The third kappa shape index (κ3) is 4.82. The monoisotopic (exact) mass is 343 g/mol. The molecule has 1 aliphatic heterocycles. The number of ether oxygens (including phenoxy) is 1. The van der Waals surface area contributed by atoms with Crippen molar-refractivity contribution >= 4 is 6.03 Å². The van der Waals surface area contributed by atoms with Crippen LogP contribution in [0.5, 0.6) is 0 Å². The van der Waals surface area contributed by atoms with Crippen LogP contribution in [0.4, 0.5) is 4.79 Å². The van der Waals surface area contributed by atoms with E-state index < -0.39 is 0 Å². The van der Waals surface area contributed by atoms with Gasteiger partial charge in [0.05, 0.1) is 25.5 Å². The maximum absolute atomic E-state index is 12.3. The van der Waals surface area contributed by atoms with E-state index in [1.165, 1.54) is 5.56 Å². The molecule has 1 aromatic carbocycles. The summed E-state index contributed by atoms with van der Waals surface area (Å²) in [6, 6.07) is 10.1. The van der Waals surface area contributed by atoms with Crippen molar-refractivity contribution in [1.29, 1.82) is 0 Å². The zero-order chi connectivity index (χ0) is 17.6. The number of likely N-dealkylation sites (tertiary alicyclic amines) is 1. The van der Waals surface area contributed by atoms with E-state index in [0.29, 0.717) is 31.6 Å². The number of urea groups is 1. The predicted molar refractivity (Wildman–Crippen MR) is 94.0 cm³/mol. The Morgan fingerprint density at radius 1 is 1.36 bits per heavy atom. The lowest BCUT2D eigenvalue weighted by Crippen LogP contribution is -2.38. The topological polar surface area (TPSA) is 67.6 Å². The number of hydrogen-bond acceptors (Lipinski definition) is 4.